The molecule has 1 aromatic carbocycles. The molecule has 2 amide bonds. The number of rotatable bonds is 6. The minimum absolute atomic E-state index is 0.188. The second-order valence-electron chi connectivity index (χ2n) is 6.04. The Morgan fingerprint density at radius 3 is 3.00 bits per heavy atom. The number of halogens is 1. The van der Waals surface area contributed by atoms with Crippen LogP contribution in [0.4, 0.5) is 10.8 Å². The second kappa shape index (κ2) is 8.73. The third-order valence-electron chi connectivity index (χ3n) is 4.20. The van der Waals surface area contributed by atoms with E-state index in [1.54, 1.807) is 28.0 Å². The van der Waals surface area contributed by atoms with Gasteiger partial charge in [-0.3, -0.25) is 14.9 Å². The molecule has 0 radical (unpaired) electrons. The first-order valence-electron chi connectivity index (χ1n) is 8.46. The van der Waals surface area contributed by atoms with Gasteiger partial charge in [0.15, 0.2) is 4.34 Å². The number of thiophene rings is 1. The summed E-state index contributed by atoms with van der Waals surface area (Å²) in [6.07, 6.45) is 0.482. The van der Waals surface area contributed by atoms with Gasteiger partial charge in [0.1, 0.15) is 5.92 Å². The molecule has 3 aromatic rings. The highest BCUT2D eigenvalue weighted by Gasteiger charge is 2.38. The first-order valence-corrected chi connectivity index (χ1v) is 11.9. The van der Waals surface area contributed by atoms with Crippen molar-refractivity contribution in [3.8, 4) is 0 Å². The number of hydrogen-bond donors (Lipinski definition) is 1. The number of amides is 2. The van der Waals surface area contributed by atoms with Crippen molar-refractivity contribution >= 4 is 73.0 Å². The predicted octanol–water partition coefficient (Wildman–Crippen LogP) is 4.65. The molecule has 0 bridgehead atoms. The lowest BCUT2D eigenvalue weighted by Gasteiger charge is -2.16. The van der Waals surface area contributed by atoms with Gasteiger partial charge in [0.25, 0.3) is 0 Å². The van der Waals surface area contributed by atoms with E-state index in [-0.39, 0.29) is 11.8 Å². The number of anilines is 2. The summed E-state index contributed by atoms with van der Waals surface area (Å²) in [6, 6.07) is 11.6. The van der Waals surface area contributed by atoms with Crippen molar-refractivity contribution in [3.63, 3.8) is 0 Å². The number of thioether (sulfide) groups is 1. The molecule has 10 heteroatoms. The zero-order chi connectivity index (χ0) is 19.5. The number of hydrogen-bond acceptors (Lipinski definition) is 7. The van der Waals surface area contributed by atoms with E-state index < -0.39 is 5.92 Å². The van der Waals surface area contributed by atoms with E-state index in [0.29, 0.717) is 18.1 Å². The number of benzene rings is 1. The minimum atomic E-state index is -0.704. The van der Waals surface area contributed by atoms with Crippen LogP contribution in [0.1, 0.15) is 11.3 Å². The van der Waals surface area contributed by atoms with Crippen LogP contribution in [0, 0.1) is 5.92 Å². The van der Waals surface area contributed by atoms with Gasteiger partial charge in [-0.1, -0.05) is 51.2 Å². The maximum Gasteiger partial charge on any atom is 0.239 e. The SMILES string of the molecule is O=C(Nc1nnc(SCc2cccs2)s1)C1CCN(c2cccc(Br)c2)C1=O. The lowest BCUT2D eigenvalue weighted by molar-refractivity contribution is -0.129. The van der Waals surface area contributed by atoms with Crippen molar-refractivity contribution in [2.24, 2.45) is 5.92 Å². The Labute approximate surface area is 182 Å². The van der Waals surface area contributed by atoms with Crippen molar-refractivity contribution in [1.82, 2.24) is 10.2 Å². The smallest absolute Gasteiger partial charge is 0.239 e. The van der Waals surface area contributed by atoms with Gasteiger partial charge < -0.3 is 4.90 Å². The summed E-state index contributed by atoms with van der Waals surface area (Å²) in [5, 5.41) is 13.3. The second-order valence-corrected chi connectivity index (χ2v) is 10.2. The average molecular weight is 495 g/mol. The van der Waals surface area contributed by atoms with Gasteiger partial charge in [0, 0.05) is 27.3 Å². The highest BCUT2D eigenvalue weighted by Crippen LogP contribution is 2.31. The Kier molecular flexibility index (Phi) is 6.10. The lowest BCUT2D eigenvalue weighted by atomic mass is 10.1. The Bertz CT molecular complexity index is 992. The van der Waals surface area contributed by atoms with E-state index in [4.69, 9.17) is 0 Å². The molecule has 0 spiro atoms. The molecule has 0 saturated carbocycles. The van der Waals surface area contributed by atoms with Crippen molar-refractivity contribution in [2.45, 2.75) is 16.5 Å². The number of carbonyl (C=O) groups excluding carboxylic acids is 2. The molecule has 6 nitrogen and oxygen atoms in total. The van der Waals surface area contributed by atoms with E-state index in [9.17, 15) is 9.59 Å². The van der Waals surface area contributed by atoms with Gasteiger partial charge >= 0.3 is 0 Å². The molecule has 1 saturated heterocycles. The van der Waals surface area contributed by atoms with E-state index in [1.807, 2.05) is 35.7 Å². The first kappa shape index (κ1) is 19.6. The third kappa shape index (κ3) is 4.45. The van der Waals surface area contributed by atoms with Crippen LogP contribution >= 0.6 is 50.4 Å². The number of nitrogens with one attached hydrogen (secondary N) is 1. The van der Waals surface area contributed by atoms with Crippen LogP contribution in [0.15, 0.2) is 50.6 Å². The largest absolute Gasteiger partial charge is 0.312 e. The molecule has 4 rings (SSSR count). The van der Waals surface area contributed by atoms with Crippen LogP contribution in [0.2, 0.25) is 0 Å². The van der Waals surface area contributed by atoms with Gasteiger partial charge in [-0.25, -0.2) is 0 Å². The summed E-state index contributed by atoms with van der Waals surface area (Å²) >= 11 is 8.02. The topological polar surface area (TPSA) is 75.2 Å². The molecule has 1 atom stereocenters. The molecule has 1 N–H and O–H groups in total. The summed E-state index contributed by atoms with van der Waals surface area (Å²) in [5.74, 6) is -0.394. The van der Waals surface area contributed by atoms with E-state index in [2.05, 4.69) is 37.5 Å². The zero-order valence-electron chi connectivity index (χ0n) is 14.5. The molecular formula is C18H15BrN4O2S3. The Morgan fingerprint density at radius 1 is 1.32 bits per heavy atom. The van der Waals surface area contributed by atoms with Crippen LogP contribution in [0.25, 0.3) is 0 Å². The molecule has 1 fully saturated rings. The maximum absolute atomic E-state index is 12.7. The first-order chi connectivity index (χ1) is 13.6. The Balaban J connectivity index is 1.35. The summed E-state index contributed by atoms with van der Waals surface area (Å²) in [7, 11) is 0. The van der Waals surface area contributed by atoms with Gasteiger partial charge in [-0.2, -0.15) is 0 Å². The fourth-order valence-electron chi connectivity index (χ4n) is 2.86. The van der Waals surface area contributed by atoms with E-state index in [0.717, 1.165) is 20.3 Å². The molecule has 1 unspecified atom stereocenters. The van der Waals surface area contributed by atoms with Crippen LogP contribution in [0.5, 0.6) is 0 Å². The summed E-state index contributed by atoms with van der Waals surface area (Å²) in [5.41, 5.74) is 0.790. The van der Waals surface area contributed by atoms with Crippen molar-refractivity contribution in [2.75, 3.05) is 16.8 Å². The molecule has 3 heterocycles. The summed E-state index contributed by atoms with van der Waals surface area (Å²) in [4.78, 5) is 28.2. The van der Waals surface area contributed by atoms with Gasteiger partial charge in [-0.15, -0.1) is 21.5 Å². The van der Waals surface area contributed by atoms with Gasteiger partial charge in [0.2, 0.25) is 16.9 Å². The summed E-state index contributed by atoms with van der Waals surface area (Å²) < 4.78 is 1.68. The maximum atomic E-state index is 12.7. The van der Waals surface area contributed by atoms with Gasteiger partial charge in [0.05, 0.1) is 0 Å². The highest BCUT2D eigenvalue weighted by molar-refractivity contribution is 9.10. The molecule has 1 aliphatic rings. The van der Waals surface area contributed by atoms with E-state index in [1.165, 1.54) is 16.2 Å². The Morgan fingerprint density at radius 2 is 2.21 bits per heavy atom. The molecule has 1 aliphatic heterocycles. The summed E-state index contributed by atoms with van der Waals surface area (Å²) in [6.45, 7) is 0.519. The predicted molar refractivity (Wildman–Crippen MR) is 117 cm³/mol. The lowest BCUT2D eigenvalue weighted by Crippen LogP contribution is -2.33. The standard InChI is InChI=1S/C18H15BrN4O2S3/c19-11-3-1-4-12(9-11)23-7-6-14(16(23)25)15(24)20-17-21-22-18(28-17)27-10-13-5-2-8-26-13/h1-5,8-9,14H,6-7,10H2,(H,20,21,24). The van der Waals surface area contributed by atoms with Gasteiger partial charge in [-0.05, 0) is 36.1 Å². The van der Waals surface area contributed by atoms with E-state index >= 15 is 0 Å². The normalized spacial score (nSPS) is 16.5. The number of aromatic nitrogens is 2. The van der Waals surface area contributed by atoms with Crippen molar-refractivity contribution in [1.29, 1.82) is 0 Å². The minimum Gasteiger partial charge on any atom is -0.312 e. The van der Waals surface area contributed by atoms with Crippen LogP contribution < -0.4 is 10.2 Å². The quantitative estimate of drug-likeness (QED) is 0.306. The fraction of sp³-hybridized carbons (Fsp3) is 0.222. The number of carbonyl (C=O) groups is 2. The third-order valence-corrected chi connectivity index (χ3v) is 7.77. The van der Waals surface area contributed by atoms with Crippen LogP contribution in [0.3, 0.4) is 0 Å². The molecule has 0 aliphatic carbocycles. The zero-order valence-corrected chi connectivity index (χ0v) is 18.5. The molecular weight excluding hydrogens is 480 g/mol. The highest BCUT2D eigenvalue weighted by atomic mass is 79.9. The monoisotopic (exact) mass is 494 g/mol. The van der Waals surface area contributed by atoms with Crippen molar-refractivity contribution < 1.29 is 9.59 Å². The Hall–Kier alpha value is -1.75. The van der Waals surface area contributed by atoms with Crippen LogP contribution in [-0.4, -0.2) is 28.6 Å². The average Bonchev–Trinajstić information content (AvgIpc) is 3.41. The van der Waals surface area contributed by atoms with Crippen molar-refractivity contribution in [3.05, 3.63) is 51.1 Å². The molecule has 2 aromatic heterocycles. The fourth-order valence-corrected chi connectivity index (χ4v) is 5.78. The molecule has 28 heavy (non-hydrogen) atoms. The van der Waals surface area contributed by atoms with Crippen LogP contribution in [-0.2, 0) is 15.3 Å². The number of nitrogens with zero attached hydrogens (tertiary/aromatic N) is 3. The molecule has 144 valence electrons.